The quantitative estimate of drug-likeness (QED) is 0.673. The summed E-state index contributed by atoms with van der Waals surface area (Å²) in [6.45, 7) is 4.83. The summed E-state index contributed by atoms with van der Waals surface area (Å²) < 4.78 is 26.6. The molecule has 2 fully saturated rings. The molecule has 2 aliphatic heterocycles. The number of aliphatic hydroxyl groups is 1. The maximum atomic E-state index is 13.3. The molecule has 1 atom stereocenters. The number of likely N-dealkylation sites (tertiary alicyclic amines) is 2. The van der Waals surface area contributed by atoms with Gasteiger partial charge in [-0.2, -0.15) is 5.10 Å². The third-order valence-corrected chi connectivity index (χ3v) is 5.89. The second-order valence-corrected chi connectivity index (χ2v) is 8.26. The predicted octanol–water partition coefficient (Wildman–Crippen LogP) is 2.12. The molecule has 3 heterocycles. The zero-order valence-corrected chi connectivity index (χ0v) is 17.5. The van der Waals surface area contributed by atoms with Gasteiger partial charge >= 0.3 is 0 Å². The maximum absolute atomic E-state index is 13.3. The van der Waals surface area contributed by atoms with E-state index in [-0.39, 0.29) is 6.61 Å². The number of β-amino-alcohol motifs (C(OH)–C–C–N with tert-alkyl or cyclic N) is 1. The Bertz CT molecular complexity index is 790. The first-order valence-corrected chi connectivity index (χ1v) is 10.7. The van der Waals surface area contributed by atoms with Gasteiger partial charge in [-0.15, -0.1) is 0 Å². The van der Waals surface area contributed by atoms with Crippen molar-refractivity contribution in [1.82, 2.24) is 19.6 Å². The SMILES string of the molecule is COc1ccc(CN2CC(n3cccn3)C2)cc1OCC(O)CN1CCC(F)CC1. The molecule has 1 N–H and O–H groups in total. The van der Waals surface area contributed by atoms with Crippen LogP contribution in [0.15, 0.2) is 36.7 Å². The molecule has 2 aromatic rings. The molecular weight excluding hydrogens is 387 g/mol. The zero-order valence-electron chi connectivity index (χ0n) is 17.5. The fraction of sp³-hybridized carbons (Fsp3) is 0.591. The highest BCUT2D eigenvalue weighted by Crippen LogP contribution is 2.30. The van der Waals surface area contributed by atoms with Crippen LogP contribution in [-0.2, 0) is 6.54 Å². The number of aromatic nitrogens is 2. The number of aliphatic hydroxyl groups excluding tert-OH is 1. The predicted molar refractivity (Wildman–Crippen MR) is 112 cm³/mol. The Morgan fingerprint density at radius 3 is 2.70 bits per heavy atom. The van der Waals surface area contributed by atoms with Crippen molar-refractivity contribution in [1.29, 1.82) is 0 Å². The van der Waals surface area contributed by atoms with Crippen LogP contribution in [0.5, 0.6) is 11.5 Å². The van der Waals surface area contributed by atoms with Gasteiger partial charge in [-0.05, 0) is 36.6 Å². The molecule has 0 saturated carbocycles. The second-order valence-electron chi connectivity index (χ2n) is 8.26. The molecule has 0 radical (unpaired) electrons. The monoisotopic (exact) mass is 418 g/mol. The molecule has 2 saturated heterocycles. The van der Waals surface area contributed by atoms with Gasteiger partial charge in [0.2, 0.25) is 0 Å². The number of alkyl halides is 1. The highest BCUT2D eigenvalue weighted by molar-refractivity contribution is 5.43. The Balaban J connectivity index is 1.27. The van der Waals surface area contributed by atoms with Crippen molar-refractivity contribution in [2.24, 2.45) is 0 Å². The molecule has 0 spiro atoms. The van der Waals surface area contributed by atoms with Gasteiger partial charge in [0.25, 0.3) is 0 Å². The van der Waals surface area contributed by atoms with Gasteiger partial charge in [0.15, 0.2) is 11.5 Å². The number of benzene rings is 1. The Kier molecular flexibility index (Phi) is 6.86. The summed E-state index contributed by atoms with van der Waals surface area (Å²) in [5.41, 5.74) is 1.14. The van der Waals surface area contributed by atoms with Crippen LogP contribution < -0.4 is 9.47 Å². The van der Waals surface area contributed by atoms with E-state index in [2.05, 4.69) is 14.9 Å². The minimum Gasteiger partial charge on any atom is -0.493 e. The van der Waals surface area contributed by atoms with Crippen molar-refractivity contribution in [2.75, 3.05) is 46.4 Å². The number of nitrogens with zero attached hydrogens (tertiary/aromatic N) is 4. The summed E-state index contributed by atoms with van der Waals surface area (Å²) in [5, 5.41) is 14.7. The van der Waals surface area contributed by atoms with E-state index in [1.807, 2.05) is 41.3 Å². The molecule has 1 aromatic heterocycles. The van der Waals surface area contributed by atoms with Crippen LogP contribution in [0.3, 0.4) is 0 Å². The van der Waals surface area contributed by atoms with Crippen LogP contribution in [0.4, 0.5) is 4.39 Å². The van der Waals surface area contributed by atoms with Crippen LogP contribution in [0.2, 0.25) is 0 Å². The molecule has 164 valence electrons. The second kappa shape index (κ2) is 9.76. The number of halogens is 1. The Morgan fingerprint density at radius 2 is 2.00 bits per heavy atom. The van der Waals surface area contributed by atoms with Crippen LogP contribution in [0.25, 0.3) is 0 Å². The summed E-state index contributed by atoms with van der Waals surface area (Å²) in [5.74, 6) is 1.29. The number of methoxy groups -OCH3 is 1. The minimum atomic E-state index is -0.706. The lowest BCUT2D eigenvalue weighted by Gasteiger charge is -2.39. The van der Waals surface area contributed by atoms with E-state index < -0.39 is 12.3 Å². The largest absolute Gasteiger partial charge is 0.493 e. The van der Waals surface area contributed by atoms with Crippen LogP contribution in [0.1, 0.15) is 24.4 Å². The Labute approximate surface area is 177 Å². The van der Waals surface area contributed by atoms with E-state index in [9.17, 15) is 9.50 Å². The lowest BCUT2D eigenvalue weighted by molar-refractivity contribution is 0.0499. The van der Waals surface area contributed by atoms with Crippen LogP contribution in [0, 0.1) is 0 Å². The van der Waals surface area contributed by atoms with E-state index in [0.717, 1.165) is 25.2 Å². The summed E-state index contributed by atoms with van der Waals surface area (Å²) >= 11 is 0. The van der Waals surface area contributed by atoms with Gasteiger partial charge in [0.05, 0.1) is 13.2 Å². The fourth-order valence-corrected chi connectivity index (χ4v) is 4.15. The van der Waals surface area contributed by atoms with Crippen molar-refractivity contribution in [3.8, 4) is 11.5 Å². The third kappa shape index (κ3) is 5.30. The van der Waals surface area contributed by atoms with E-state index in [4.69, 9.17) is 9.47 Å². The highest BCUT2D eigenvalue weighted by atomic mass is 19.1. The molecule has 0 bridgehead atoms. The summed E-state index contributed by atoms with van der Waals surface area (Å²) in [6.07, 6.45) is 3.57. The standard InChI is InChI=1S/C22H31FN4O3/c1-29-21-4-3-17(12-26-13-19(14-26)27-8-2-7-24-27)11-22(21)30-16-20(28)15-25-9-5-18(23)6-10-25/h2-4,7-8,11,18-20,28H,5-6,9-10,12-16H2,1H3. The molecule has 1 unspecified atom stereocenters. The molecular formula is C22H31FN4O3. The molecule has 0 aliphatic carbocycles. The average molecular weight is 419 g/mol. The number of piperidine rings is 1. The normalized spacial score (nSPS) is 20.1. The van der Waals surface area contributed by atoms with Crippen molar-refractivity contribution in [2.45, 2.75) is 37.7 Å². The van der Waals surface area contributed by atoms with Gasteiger partial charge in [0, 0.05) is 51.7 Å². The summed E-state index contributed by atoms with van der Waals surface area (Å²) in [6, 6.07) is 8.33. The van der Waals surface area contributed by atoms with Gasteiger partial charge in [-0.1, -0.05) is 6.07 Å². The first-order valence-electron chi connectivity index (χ1n) is 10.7. The topological polar surface area (TPSA) is 63.0 Å². The molecule has 4 rings (SSSR count). The number of hydrogen-bond donors (Lipinski definition) is 1. The lowest BCUT2D eigenvalue weighted by atomic mass is 10.1. The van der Waals surface area contributed by atoms with E-state index in [0.29, 0.717) is 50.0 Å². The Morgan fingerprint density at radius 1 is 1.20 bits per heavy atom. The van der Waals surface area contributed by atoms with Crippen molar-refractivity contribution >= 4 is 0 Å². The van der Waals surface area contributed by atoms with Crippen LogP contribution >= 0.6 is 0 Å². The summed E-state index contributed by atoms with van der Waals surface area (Å²) in [7, 11) is 1.61. The minimum absolute atomic E-state index is 0.181. The first-order chi connectivity index (χ1) is 14.6. The highest BCUT2D eigenvalue weighted by Gasteiger charge is 2.28. The number of ether oxygens (including phenoxy) is 2. The van der Waals surface area contributed by atoms with E-state index >= 15 is 0 Å². The van der Waals surface area contributed by atoms with Gasteiger partial charge in [0.1, 0.15) is 18.9 Å². The Hall–Kier alpha value is -2.16. The van der Waals surface area contributed by atoms with Gasteiger partial charge in [-0.25, -0.2) is 4.39 Å². The smallest absolute Gasteiger partial charge is 0.161 e. The van der Waals surface area contributed by atoms with Crippen LogP contribution in [-0.4, -0.2) is 83.4 Å². The number of rotatable bonds is 9. The lowest BCUT2D eigenvalue weighted by Crippen LogP contribution is -2.47. The first kappa shape index (κ1) is 21.1. The van der Waals surface area contributed by atoms with Crippen molar-refractivity contribution in [3.05, 3.63) is 42.2 Å². The molecule has 1 aromatic carbocycles. The van der Waals surface area contributed by atoms with Crippen molar-refractivity contribution < 1.29 is 19.0 Å². The molecule has 2 aliphatic rings. The molecule has 30 heavy (non-hydrogen) atoms. The number of hydrogen-bond acceptors (Lipinski definition) is 6. The molecule has 0 amide bonds. The van der Waals surface area contributed by atoms with E-state index in [1.54, 1.807) is 7.11 Å². The molecule has 8 heteroatoms. The van der Waals surface area contributed by atoms with Crippen molar-refractivity contribution in [3.63, 3.8) is 0 Å². The maximum Gasteiger partial charge on any atom is 0.161 e. The zero-order chi connectivity index (χ0) is 20.9. The summed E-state index contributed by atoms with van der Waals surface area (Å²) in [4.78, 5) is 4.46. The van der Waals surface area contributed by atoms with E-state index in [1.165, 1.54) is 0 Å². The average Bonchev–Trinajstić information content (AvgIpc) is 3.25. The molecule has 7 nitrogen and oxygen atoms in total. The third-order valence-electron chi connectivity index (χ3n) is 5.89. The van der Waals surface area contributed by atoms with Gasteiger partial charge in [-0.3, -0.25) is 9.58 Å². The fourth-order valence-electron chi connectivity index (χ4n) is 4.15. The van der Waals surface area contributed by atoms with Gasteiger partial charge < -0.3 is 19.5 Å².